The van der Waals surface area contributed by atoms with E-state index in [1.165, 1.54) is 7.11 Å². The number of amides is 1. The van der Waals surface area contributed by atoms with Gasteiger partial charge in [-0.3, -0.25) is 9.89 Å². The Morgan fingerprint density at radius 1 is 1.35 bits per heavy atom. The molecule has 0 unspecified atom stereocenters. The number of fused-ring (bicyclic) bond motifs is 1. The first-order chi connectivity index (χ1) is 9.78. The summed E-state index contributed by atoms with van der Waals surface area (Å²) in [7, 11) is 1.48. The zero-order valence-corrected chi connectivity index (χ0v) is 10.8. The summed E-state index contributed by atoms with van der Waals surface area (Å²) >= 11 is 0. The second kappa shape index (κ2) is 5.00. The van der Waals surface area contributed by atoms with Crippen molar-refractivity contribution in [1.82, 2.24) is 15.2 Å². The number of hydrogen-bond acceptors (Lipinski definition) is 4. The minimum absolute atomic E-state index is 0.266. The first-order valence-electron chi connectivity index (χ1n) is 6.01. The van der Waals surface area contributed by atoms with Crippen LogP contribution in [-0.2, 0) is 0 Å². The van der Waals surface area contributed by atoms with Gasteiger partial charge in [0.15, 0.2) is 0 Å². The fourth-order valence-corrected chi connectivity index (χ4v) is 1.95. The summed E-state index contributed by atoms with van der Waals surface area (Å²) < 4.78 is 5.08. The Bertz CT molecular complexity index is 766. The Hall–Kier alpha value is -2.89. The molecule has 3 aromatic rings. The number of aromatic amines is 1. The van der Waals surface area contributed by atoms with Gasteiger partial charge >= 0.3 is 0 Å². The van der Waals surface area contributed by atoms with Crippen molar-refractivity contribution in [3.05, 3.63) is 48.3 Å². The summed E-state index contributed by atoms with van der Waals surface area (Å²) in [5.74, 6) is 0.0344. The number of anilines is 1. The van der Waals surface area contributed by atoms with Crippen LogP contribution in [0.2, 0.25) is 0 Å². The van der Waals surface area contributed by atoms with Crippen LogP contribution >= 0.6 is 0 Å². The van der Waals surface area contributed by atoms with Gasteiger partial charge in [-0.15, -0.1) is 0 Å². The van der Waals surface area contributed by atoms with Crippen molar-refractivity contribution in [2.24, 2.45) is 0 Å². The molecule has 0 aliphatic rings. The van der Waals surface area contributed by atoms with Crippen LogP contribution in [0.15, 0.2) is 42.7 Å². The summed E-state index contributed by atoms with van der Waals surface area (Å²) in [5.41, 5.74) is 2.00. The quantitative estimate of drug-likeness (QED) is 0.763. The number of methoxy groups -OCH3 is 1. The van der Waals surface area contributed by atoms with Gasteiger partial charge in [-0.1, -0.05) is 0 Å². The second-order valence-electron chi connectivity index (χ2n) is 4.19. The molecule has 2 aromatic heterocycles. The zero-order valence-electron chi connectivity index (χ0n) is 10.8. The van der Waals surface area contributed by atoms with Gasteiger partial charge in [0.1, 0.15) is 5.56 Å². The molecule has 1 aromatic carbocycles. The molecule has 0 fully saturated rings. The third-order valence-electron chi connectivity index (χ3n) is 2.91. The van der Waals surface area contributed by atoms with Gasteiger partial charge in [0, 0.05) is 17.3 Å². The second-order valence-corrected chi connectivity index (χ2v) is 4.19. The summed E-state index contributed by atoms with van der Waals surface area (Å²) in [6.45, 7) is 0. The van der Waals surface area contributed by atoms with Gasteiger partial charge in [0.05, 0.1) is 18.8 Å². The van der Waals surface area contributed by atoms with Crippen molar-refractivity contribution in [2.45, 2.75) is 0 Å². The molecule has 0 aliphatic heterocycles. The molecule has 0 atom stereocenters. The van der Waals surface area contributed by atoms with E-state index in [9.17, 15) is 4.79 Å². The molecule has 3 rings (SSSR count). The number of rotatable bonds is 3. The molecule has 0 radical (unpaired) electrons. The van der Waals surface area contributed by atoms with Gasteiger partial charge in [-0.25, -0.2) is 4.98 Å². The SMILES string of the molecule is COc1ncccc1C(=O)Nc1ccc2[nH]ncc2c1. The number of hydrogen-bond donors (Lipinski definition) is 2. The molecular weight excluding hydrogens is 256 g/mol. The number of nitrogens with one attached hydrogen (secondary N) is 2. The Labute approximate surface area is 114 Å². The van der Waals surface area contributed by atoms with Gasteiger partial charge in [0.25, 0.3) is 5.91 Å². The van der Waals surface area contributed by atoms with Crippen LogP contribution in [0.4, 0.5) is 5.69 Å². The van der Waals surface area contributed by atoms with E-state index in [1.54, 1.807) is 30.6 Å². The maximum atomic E-state index is 12.2. The highest BCUT2D eigenvalue weighted by Gasteiger charge is 2.13. The van der Waals surface area contributed by atoms with Crippen molar-refractivity contribution < 1.29 is 9.53 Å². The van der Waals surface area contributed by atoms with E-state index in [0.717, 1.165) is 10.9 Å². The summed E-state index contributed by atoms with van der Waals surface area (Å²) in [4.78, 5) is 16.2. The molecular formula is C14H12N4O2. The minimum atomic E-state index is -0.266. The predicted molar refractivity (Wildman–Crippen MR) is 74.8 cm³/mol. The van der Waals surface area contributed by atoms with Crippen molar-refractivity contribution >= 4 is 22.5 Å². The van der Waals surface area contributed by atoms with Crippen LogP contribution in [-0.4, -0.2) is 28.2 Å². The Kier molecular flexibility index (Phi) is 3.04. The number of carbonyl (C=O) groups is 1. The fourth-order valence-electron chi connectivity index (χ4n) is 1.95. The minimum Gasteiger partial charge on any atom is -0.480 e. The molecule has 1 amide bonds. The average Bonchev–Trinajstić information content (AvgIpc) is 2.94. The highest BCUT2D eigenvalue weighted by atomic mass is 16.5. The number of nitrogens with zero attached hydrogens (tertiary/aromatic N) is 2. The third-order valence-corrected chi connectivity index (χ3v) is 2.91. The molecule has 100 valence electrons. The Balaban J connectivity index is 1.88. The lowest BCUT2D eigenvalue weighted by Gasteiger charge is -2.08. The Morgan fingerprint density at radius 2 is 2.25 bits per heavy atom. The third kappa shape index (κ3) is 2.18. The van der Waals surface area contributed by atoms with E-state index >= 15 is 0 Å². The highest BCUT2D eigenvalue weighted by molar-refractivity contribution is 6.06. The average molecular weight is 268 g/mol. The number of pyridine rings is 1. The number of carbonyl (C=O) groups excluding carboxylic acids is 1. The molecule has 0 bridgehead atoms. The van der Waals surface area contributed by atoms with Crippen LogP contribution in [0.5, 0.6) is 5.88 Å². The van der Waals surface area contributed by atoms with E-state index in [0.29, 0.717) is 17.1 Å². The van der Waals surface area contributed by atoms with Gasteiger partial charge in [-0.05, 0) is 30.3 Å². The Morgan fingerprint density at radius 3 is 3.10 bits per heavy atom. The van der Waals surface area contributed by atoms with Crippen molar-refractivity contribution in [3.8, 4) is 5.88 Å². The lowest BCUT2D eigenvalue weighted by atomic mass is 10.2. The van der Waals surface area contributed by atoms with Crippen molar-refractivity contribution in [3.63, 3.8) is 0 Å². The normalized spacial score (nSPS) is 10.4. The predicted octanol–water partition coefficient (Wildman–Crippen LogP) is 2.22. The summed E-state index contributed by atoms with van der Waals surface area (Å²) in [5, 5.41) is 10.5. The molecule has 0 aliphatic carbocycles. The smallest absolute Gasteiger partial charge is 0.261 e. The summed E-state index contributed by atoms with van der Waals surface area (Å²) in [6.07, 6.45) is 3.28. The fraction of sp³-hybridized carbons (Fsp3) is 0.0714. The molecule has 0 saturated carbocycles. The molecule has 6 heteroatoms. The van der Waals surface area contributed by atoms with E-state index in [4.69, 9.17) is 4.74 Å². The van der Waals surface area contributed by atoms with E-state index < -0.39 is 0 Å². The van der Waals surface area contributed by atoms with Crippen molar-refractivity contribution in [1.29, 1.82) is 0 Å². The largest absolute Gasteiger partial charge is 0.480 e. The van der Waals surface area contributed by atoms with Crippen molar-refractivity contribution in [2.75, 3.05) is 12.4 Å². The lowest BCUT2D eigenvalue weighted by molar-refractivity contribution is 0.102. The number of benzene rings is 1. The molecule has 2 N–H and O–H groups in total. The van der Waals surface area contributed by atoms with Crippen LogP contribution < -0.4 is 10.1 Å². The monoisotopic (exact) mass is 268 g/mol. The zero-order chi connectivity index (χ0) is 13.9. The van der Waals surface area contributed by atoms with Crippen LogP contribution in [0.1, 0.15) is 10.4 Å². The van der Waals surface area contributed by atoms with Crippen LogP contribution in [0.3, 0.4) is 0 Å². The molecule has 0 saturated heterocycles. The number of aromatic nitrogens is 3. The number of H-pyrrole nitrogens is 1. The van der Waals surface area contributed by atoms with Gasteiger partial charge < -0.3 is 10.1 Å². The van der Waals surface area contributed by atoms with Crippen LogP contribution in [0, 0.1) is 0 Å². The number of ether oxygens (including phenoxy) is 1. The standard InChI is InChI=1S/C14H12N4O2/c1-20-14-11(3-2-6-15-14)13(19)17-10-4-5-12-9(7-10)8-16-18-12/h2-8H,1H3,(H,16,18)(H,17,19). The molecule has 6 nitrogen and oxygen atoms in total. The topological polar surface area (TPSA) is 79.9 Å². The lowest BCUT2D eigenvalue weighted by Crippen LogP contribution is -2.13. The highest BCUT2D eigenvalue weighted by Crippen LogP contribution is 2.19. The molecule has 2 heterocycles. The van der Waals surface area contributed by atoms with Gasteiger partial charge in [-0.2, -0.15) is 5.10 Å². The first-order valence-corrected chi connectivity index (χ1v) is 6.01. The summed E-state index contributed by atoms with van der Waals surface area (Å²) in [6, 6.07) is 8.87. The van der Waals surface area contributed by atoms with E-state index in [-0.39, 0.29) is 5.91 Å². The van der Waals surface area contributed by atoms with E-state index in [1.807, 2.05) is 12.1 Å². The van der Waals surface area contributed by atoms with Gasteiger partial charge in [0.2, 0.25) is 5.88 Å². The first kappa shape index (κ1) is 12.2. The molecule has 20 heavy (non-hydrogen) atoms. The van der Waals surface area contributed by atoms with Crippen LogP contribution in [0.25, 0.3) is 10.9 Å². The molecule has 0 spiro atoms. The maximum absolute atomic E-state index is 12.2. The maximum Gasteiger partial charge on any atom is 0.261 e. The van der Waals surface area contributed by atoms with E-state index in [2.05, 4.69) is 20.5 Å².